The summed E-state index contributed by atoms with van der Waals surface area (Å²) < 4.78 is 43.2. The number of hydrogen-bond donors (Lipinski definition) is 0. The Bertz CT molecular complexity index is 623. The molecule has 1 nitrogen and oxygen atoms in total. The third kappa shape index (κ3) is 5.78. The van der Waals surface area contributed by atoms with E-state index in [-0.39, 0.29) is 63.7 Å². The van der Waals surface area contributed by atoms with Crippen LogP contribution in [-0.2, 0) is 6.61 Å². The molecule has 0 spiro atoms. The molecule has 2 aromatic carbocycles. The summed E-state index contributed by atoms with van der Waals surface area (Å²) in [5.41, 5.74) is -0.0382. The van der Waals surface area contributed by atoms with Crippen LogP contribution in [0.5, 0.6) is 5.75 Å². The summed E-state index contributed by atoms with van der Waals surface area (Å²) in [4.78, 5) is 0. The minimum atomic E-state index is -5.03. The molecule has 2 aromatic rings. The quantitative estimate of drug-likeness (QED) is 0.755. The van der Waals surface area contributed by atoms with Gasteiger partial charge in [-0.2, -0.15) is 0 Å². The van der Waals surface area contributed by atoms with Gasteiger partial charge < -0.3 is 17.7 Å². The Labute approximate surface area is 173 Å². The first-order valence-corrected chi connectivity index (χ1v) is 6.48. The zero-order valence-electron chi connectivity index (χ0n) is 11.1. The smallest absolute Gasteiger partial charge is 0.489 e. The fourth-order valence-corrected chi connectivity index (χ4v) is 2.07. The minimum absolute atomic E-state index is 0. The Hall–Kier alpha value is 0.311. The van der Waals surface area contributed by atoms with Gasteiger partial charge in [0.05, 0.1) is 0 Å². The van der Waals surface area contributed by atoms with E-state index >= 15 is 0 Å². The van der Waals surface area contributed by atoms with Crippen LogP contribution >= 0.6 is 23.2 Å². The van der Waals surface area contributed by atoms with Gasteiger partial charge >= 0.3 is 58.4 Å². The minimum Gasteiger partial charge on any atom is -0.489 e. The van der Waals surface area contributed by atoms with Crippen molar-refractivity contribution in [3.05, 3.63) is 58.1 Å². The molecule has 0 aliphatic rings. The van der Waals surface area contributed by atoms with Gasteiger partial charge in [0.2, 0.25) is 0 Å². The van der Waals surface area contributed by atoms with E-state index in [0.717, 1.165) is 12.1 Å². The van der Waals surface area contributed by atoms with E-state index in [1.165, 1.54) is 12.1 Å². The predicted octanol–water partition coefficient (Wildman–Crippen LogP) is 1.63. The average molecular weight is 359 g/mol. The molecule has 0 unspecified atom stereocenters. The maximum absolute atomic E-state index is 12.6. The molecule has 0 amide bonds. The van der Waals surface area contributed by atoms with Crippen LogP contribution in [0.3, 0.4) is 0 Å². The van der Waals surface area contributed by atoms with E-state index in [1.807, 2.05) is 0 Å². The number of halogens is 5. The van der Waals surface area contributed by atoms with Gasteiger partial charge in [0.1, 0.15) is 12.4 Å². The van der Waals surface area contributed by atoms with Crippen LogP contribution in [0, 0.1) is 0 Å². The van der Waals surface area contributed by atoms with Crippen LogP contribution < -0.4 is 61.6 Å². The summed E-state index contributed by atoms with van der Waals surface area (Å²) in [5, 5.41) is 0.897. The Balaban J connectivity index is 0.00000220. The first-order chi connectivity index (χ1) is 9.36. The Morgan fingerprint density at radius 3 is 2.33 bits per heavy atom. The second-order valence-electron chi connectivity index (χ2n) is 4.17. The molecule has 0 bridgehead atoms. The second-order valence-corrected chi connectivity index (χ2v) is 5.02. The van der Waals surface area contributed by atoms with Gasteiger partial charge in [0, 0.05) is 15.6 Å². The monoisotopic (exact) mass is 358 g/mol. The molecule has 0 aromatic heterocycles. The van der Waals surface area contributed by atoms with Crippen LogP contribution in [0.1, 0.15) is 5.56 Å². The van der Waals surface area contributed by atoms with Gasteiger partial charge in [0.25, 0.3) is 0 Å². The van der Waals surface area contributed by atoms with Crippen molar-refractivity contribution >= 4 is 35.6 Å². The topological polar surface area (TPSA) is 9.23 Å². The van der Waals surface area contributed by atoms with Crippen molar-refractivity contribution in [3.63, 3.8) is 0 Å². The average Bonchev–Trinajstić information content (AvgIpc) is 2.37. The molecule has 21 heavy (non-hydrogen) atoms. The summed E-state index contributed by atoms with van der Waals surface area (Å²) in [6.07, 6.45) is 0. The zero-order valence-corrected chi connectivity index (χ0v) is 15.8. The number of rotatable bonds is 4. The summed E-state index contributed by atoms with van der Waals surface area (Å²) in [6.45, 7) is -4.96. The van der Waals surface area contributed by atoms with Crippen LogP contribution in [0.15, 0.2) is 42.5 Å². The summed E-state index contributed by atoms with van der Waals surface area (Å²) >= 11 is 11.7. The van der Waals surface area contributed by atoms with Gasteiger partial charge in [-0.1, -0.05) is 41.4 Å². The maximum Gasteiger partial charge on any atom is 1.00 e. The van der Waals surface area contributed by atoms with E-state index in [2.05, 4.69) is 0 Å². The largest absolute Gasteiger partial charge is 1.00 e. The van der Waals surface area contributed by atoms with Crippen molar-refractivity contribution in [2.24, 2.45) is 0 Å². The molecule has 106 valence electrons. The van der Waals surface area contributed by atoms with Gasteiger partial charge in [-0.15, -0.1) is 5.46 Å². The molecule has 0 saturated heterocycles. The third-order valence-corrected chi connectivity index (χ3v) is 3.23. The van der Waals surface area contributed by atoms with E-state index in [9.17, 15) is 12.9 Å². The van der Waals surface area contributed by atoms with Crippen LogP contribution in [0.4, 0.5) is 12.9 Å². The SMILES string of the molecule is F[B-](F)(F)c1cccc(OCc2ccc(Cl)cc2Cl)c1.[K+]. The van der Waals surface area contributed by atoms with E-state index < -0.39 is 12.4 Å². The van der Waals surface area contributed by atoms with Crippen molar-refractivity contribution in [3.8, 4) is 5.75 Å². The Kier molecular flexibility index (Phi) is 7.60. The number of benzene rings is 2. The summed E-state index contributed by atoms with van der Waals surface area (Å²) in [7, 11) is 0. The molecule has 0 atom stereocenters. The number of ether oxygens (including phenoxy) is 1. The fraction of sp³-hybridized carbons (Fsp3) is 0.0769. The van der Waals surface area contributed by atoms with Gasteiger partial charge in [-0.25, -0.2) is 0 Å². The molecule has 0 aliphatic carbocycles. The molecular weight excluding hydrogens is 350 g/mol. The molecular formula is C13H9BCl2F3KO. The van der Waals surface area contributed by atoms with Crippen molar-refractivity contribution < 1.29 is 69.1 Å². The molecule has 2 rings (SSSR count). The van der Waals surface area contributed by atoms with E-state index in [0.29, 0.717) is 15.6 Å². The molecule has 0 heterocycles. The zero-order chi connectivity index (χ0) is 14.8. The second kappa shape index (κ2) is 8.24. The molecule has 0 N–H and O–H groups in total. The molecule has 0 saturated carbocycles. The number of hydrogen-bond acceptors (Lipinski definition) is 1. The van der Waals surface area contributed by atoms with Crippen molar-refractivity contribution in [2.75, 3.05) is 0 Å². The van der Waals surface area contributed by atoms with Crippen molar-refractivity contribution in [1.29, 1.82) is 0 Å². The molecule has 0 radical (unpaired) electrons. The standard InChI is InChI=1S/C13H9BCl2F3O.K/c15-11-5-4-9(13(16)7-11)8-20-12-3-1-2-10(6-12)14(17,18)19;/h1-7H,8H2;/q-1;+1. The third-order valence-electron chi connectivity index (χ3n) is 2.65. The van der Waals surface area contributed by atoms with Crippen LogP contribution in [0.25, 0.3) is 0 Å². The first-order valence-electron chi connectivity index (χ1n) is 5.73. The van der Waals surface area contributed by atoms with Gasteiger partial charge in [0.15, 0.2) is 0 Å². The Morgan fingerprint density at radius 1 is 1.00 bits per heavy atom. The molecule has 0 fully saturated rings. The van der Waals surface area contributed by atoms with E-state index in [1.54, 1.807) is 18.2 Å². The first kappa shape index (κ1) is 19.4. The van der Waals surface area contributed by atoms with Crippen molar-refractivity contribution in [2.45, 2.75) is 6.61 Å². The Morgan fingerprint density at radius 2 is 1.71 bits per heavy atom. The molecule has 8 heteroatoms. The van der Waals surface area contributed by atoms with Crippen molar-refractivity contribution in [1.82, 2.24) is 0 Å². The van der Waals surface area contributed by atoms with Crippen LogP contribution in [-0.4, -0.2) is 6.98 Å². The van der Waals surface area contributed by atoms with Gasteiger partial charge in [-0.3, -0.25) is 0 Å². The van der Waals surface area contributed by atoms with E-state index in [4.69, 9.17) is 27.9 Å². The van der Waals surface area contributed by atoms with Gasteiger partial charge in [-0.05, 0) is 24.3 Å². The summed E-state index contributed by atoms with van der Waals surface area (Å²) in [5.74, 6) is 0.146. The maximum atomic E-state index is 12.6. The molecule has 0 aliphatic heterocycles. The normalized spacial score (nSPS) is 10.9. The predicted molar refractivity (Wildman–Crippen MR) is 75.9 cm³/mol. The van der Waals surface area contributed by atoms with Crippen LogP contribution in [0.2, 0.25) is 10.0 Å². The summed E-state index contributed by atoms with van der Waals surface area (Å²) in [6, 6.07) is 9.63. The fourth-order valence-electron chi connectivity index (χ4n) is 1.61.